The molecule has 2 aliphatic rings. The molecule has 0 amide bonds. The third kappa shape index (κ3) is 6.30. The summed E-state index contributed by atoms with van der Waals surface area (Å²) in [6.45, 7) is 0. The van der Waals surface area contributed by atoms with Crippen LogP contribution >= 0.6 is 11.3 Å². The lowest BCUT2D eigenvalue weighted by Gasteiger charge is -2.10. The summed E-state index contributed by atoms with van der Waals surface area (Å²) in [6.07, 6.45) is 5.00. The fourth-order valence-corrected chi connectivity index (χ4v) is 6.65. The summed E-state index contributed by atoms with van der Waals surface area (Å²) in [5.74, 6) is 3.30. The normalized spacial score (nSPS) is 16.6. The number of carboxylic acids is 1. The number of thiol groups is 1. The number of nitrogens with zero attached hydrogens (tertiary/aromatic N) is 3. The molecular formula is C31H28F3N4O3S2+. The van der Waals surface area contributed by atoms with E-state index in [0.29, 0.717) is 47.1 Å². The highest BCUT2D eigenvalue weighted by Crippen LogP contribution is 2.39. The minimum absolute atomic E-state index is 0.0372. The van der Waals surface area contributed by atoms with Crippen molar-refractivity contribution >= 4 is 28.3 Å². The first-order valence-electron chi connectivity index (χ1n) is 13.9. The van der Waals surface area contributed by atoms with E-state index in [-0.39, 0.29) is 22.6 Å². The quantitative estimate of drug-likeness (QED) is 0.140. The van der Waals surface area contributed by atoms with Gasteiger partial charge in [-0.25, -0.2) is 27.6 Å². The minimum atomic E-state index is -2.36. The molecule has 2 fully saturated rings. The zero-order valence-electron chi connectivity index (χ0n) is 22.9. The van der Waals surface area contributed by atoms with E-state index < -0.39 is 34.3 Å². The zero-order chi connectivity index (χ0) is 30.3. The van der Waals surface area contributed by atoms with Crippen molar-refractivity contribution in [2.45, 2.75) is 61.9 Å². The maximum absolute atomic E-state index is 15.0. The molecule has 0 aliphatic heterocycles. The van der Waals surface area contributed by atoms with Crippen LogP contribution in [0.3, 0.4) is 0 Å². The van der Waals surface area contributed by atoms with Gasteiger partial charge in [-0.05, 0) is 86.8 Å². The second-order valence-corrected chi connectivity index (χ2v) is 13.0. The highest BCUT2D eigenvalue weighted by molar-refractivity contribution is 7.82. The molecule has 2 heterocycles. The summed E-state index contributed by atoms with van der Waals surface area (Å²) >= 11 is 1.13. The zero-order valence-corrected chi connectivity index (χ0v) is 24.7. The molecule has 43 heavy (non-hydrogen) atoms. The van der Waals surface area contributed by atoms with Gasteiger partial charge in [0.1, 0.15) is 5.82 Å². The molecule has 6 rings (SSSR count). The third-order valence-electron chi connectivity index (χ3n) is 7.85. The Morgan fingerprint density at radius 2 is 1.93 bits per heavy atom. The average Bonchev–Trinajstić information content (AvgIpc) is 3.31. The van der Waals surface area contributed by atoms with Gasteiger partial charge in [-0.15, -0.1) is 16.5 Å². The number of hydrogen-bond donors (Lipinski definition) is 2. The van der Waals surface area contributed by atoms with Gasteiger partial charge in [-0.3, -0.25) is 0 Å². The second kappa shape index (κ2) is 11.7. The van der Waals surface area contributed by atoms with Gasteiger partial charge >= 0.3 is 5.97 Å². The van der Waals surface area contributed by atoms with Gasteiger partial charge in [-0.2, -0.15) is 5.10 Å². The molecule has 1 atom stereocenters. The van der Waals surface area contributed by atoms with Gasteiger partial charge < -0.3 is 5.11 Å². The maximum Gasteiger partial charge on any atom is 0.355 e. The molecule has 0 bridgehead atoms. The van der Waals surface area contributed by atoms with Crippen molar-refractivity contribution < 1.29 is 27.3 Å². The first-order chi connectivity index (χ1) is 20.6. The molecule has 222 valence electrons. The van der Waals surface area contributed by atoms with Crippen molar-refractivity contribution in [2.75, 3.05) is 0 Å². The van der Waals surface area contributed by atoms with Gasteiger partial charge in [0, 0.05) is 22.9 Å². The number of aromatic nitrogens is 3. The largest absolute Gasteiger partial charge is 0.476 e. The molecular weight excluding hydrogens is 597 g/mol. The van der Waals surface area contributed by atoms with Gasteiger partial charge in [0.15, 0.2) is 28.2 Å². The fraction of sp³-hybridized carbons (Fsp3) is 0.323. The molecule has 0 saturated heterocycles. The molecule has 2 saturated carbocycles. The predicted octanol–water partition coefficient (Wildman–Crippen LogP) is 6.08. The lowest BCUT2D eigenvalue weighted by atomic mass is 9.96. The number of aromatic carboxylic acids is 1. The average molecular weight is 626 g/mol. The van der Waals surface area contributed by atoms with Crippen LogP contribution in [-0.4, -0.2) is 31.5 Å². The highest BCUT2D eigenvalue weighted by Gasteiger charge is 2.32. The SMILES string of the molecule is N[SH+](=O)c1ccc(Cc2c(-c3ccc(F)c(C#CC4(F)CCCC4)c3)nn(-c3nc(C(=O)O)cs3)c2CC2CC2)cc1F. The topological polar surface area (TPSA) is 111 Å². The lowest BCUT2D eigenvalue weighted by molar-refractivity contribution is 0.0691. The lowest BCUT2D eigenvalue weighted by Crippen LogP contribution is -2.13. The Morgan fingerprint density at radius 3 is 2.58 bits per heavy atom. The number of benzene rings is 2. The van der Waals surface area contributed by atoms with E-state index in [1.54, 1.807) is 16.8 Å². The highest BCUT2D eigenvalue weighted by atomic mass is 32.2. The summed E-state index contributed by atoms with van der Waals surface area (Å²) in [5.41, 5.74) is 1.36. The molecule has 2 aromatic carbocycles. The Hall–Kier alpha value is -3.79. The van der Waals surface area contributed by atoms with Gasteiger partial charge in [0.2, 0.25) is 10.0 Å². The Morgan fingerprint density at radius 1 is 1.16 bits per heavy atom. The van der Waals surface area contributed by atoms with E-state index in [0.717, 1.165) is 48.3 Å². The van der Waals surface area contributed by atoms with Crippen molar-refractivity contribution in [3.63, 3.8) is 0 Å². The molecule has 0 spiro atoms. The van der Waals surface area contributed by atoms with E-state index in [4.69, 9.17) is 10.2 Å². The van der Waals surface area contributed by atoms with Gasteiger partial charge in [-0.1, -0.05) is 22.1 Å². The number of rotatable bonds is 8. The predicted molar refractivity (Wildman–Crippen MR) is 158 cm³/mol. The van der Waals surface area contributed by atoms with Crippen LogP contribution in [0.25, 0.3) is 16.4 Å². The third-order valence-corrected chi connectivity index (χ3v) is 9.50. The molecule has 2 aromatic heterocycles. The second-order valence-electron chi connectivity index (χ2n) is 11.1. The number of nitrogens with two attached hydrogens (primary N) is 1. The van der Waals surface area contributed by atoms with Crippen molar-refractivity contribution in [2.24, 2.45) is 11.1 Å². The standard InChI is InChI=1S/C31H27F3N4O3S2/c32-23-7-6-21(16-20(23)9-12-31(34)10-1-2-11-31)28-22(13-19-5-8-27(43(35)41)24(33)14-19)26(15-18-3-4-18)38(37-28)30-36-25(17-42-30)29(39)40/h5-8,14,16-18H,1-4,10-11,13,15H2,(H2,35,41)(H,39,40)/p+1. The van der Waals surface area contributed by atoms with Crippen LogP contribution in [-0.2, 0) is 28.0 Å². The maximum atomic E-state index is 15.0. The Kier molecular flexibility index (Phi) is 7.98. The molecule has 7 nitrogen and oxygen atoms in total. The monoisotopic (exact) mass is 625 g/mol. The molecule has 0 radical (unpaired) electrons. The number of alkyl halides is 1. The Balaban J connectivity index is 1.50. The molecule has 3 N–H and O–H groups in total. The van der Waals surface area contributed by atoms with E-state index in [1.807, 2.05) is 0 Å². The first kappa shape index (κ1) is 29.3. The van der Waals surface area contributed by atoms with Crippen LogP contribution in [0, 0.1) is 29.4 Å². The van der Waals surface area contributed by atoms with Crippen molar-refractivity contribution in [1.82, 2.24) is 14.8 Å². The summed E-state index contributed by atoms with van der Waals surface area (Å²) in [4.78, 5) is 15.8. The van der Waals surface area contributed by atoms with Crippen LogP contribution in [0.5, 0.6) is 0 Å². The number of carbonyl (C=O) groups is 1. The first-order valence-corrected chi connectivity index (χ1v) is 16.1. The molecule has 4 aromatic rings. The van der Waals surface area contributed by atoms with Crippen LogP contribution < -0.4 is 5.14 Å². The van der Waals surface area contributed by atoms with Crippen molar-refractivity contribution in [3.05, 3.63) is 81.5 Å². The molecule has 1 unspecified atom stereocenters. The van der Waals surface area contributed by atoms with Gasteiger partial charge in [0.25, 0.3) is 0 Å². The minimum Gasteiger partial charge on any atom is -0.476 e. The van der Waals surface area contributed by atoms with E-state index in [1.165, 1.54) is 29.6 Å². The van der Waals surface area contributed by atoms with Crippen LogP contribution in [0.1, 0.15) is 71.4 Å². The number of carboxylic acid groups (broad SMARTS) is 1. The van der Waals surface area contributed by atoms with E-state index in [2.05, 4.69) is 16.8 Å². The summed E-state index contributed by atoms with van der Waals surface area (Å²) < 4.78 is 58.0. The summed E-state index contributed by atoms with van der Waals surface area (Å²) in [7, 11) is -2.36. The van der Waals surface area contributed by atoms with Crippen LogP contribution in [0.2, 0.25) is 0 Å². The number of halogens is 3. The molecule has 2 aliphatic carbocycles. The van der Waals surface area contributed by atoms with E-state index in [9.17, 15) is 27.3 Å². The molecule has 12 heteroatoms. The summed E-state index contributed by atoms with van der Waals surface area (Å²) in [6, 6.07) is 8.69. The Labute approximate surface area is 252 Å². The Bertz CT molecular complexity index is 1810. The van der Waals surface area contributed by atoms with Gasteiger partial charge in [0.05, 0.1) is 17.0 Å². The smallest absolute Gasteiger partial charge is 0.355 e. The van der Waals surface area contributed by atoms with Crippen molar-refractivity contribution in [3.8, 4) is 28.2 Å². The number of hydrogen-bond acceptors (Lipinski definition) is 5. The van der Waals surface area contributed by atoms with Crippen molar-refractivity contribution in [1.29, 1.82) is 0 Å². The fourth-order valence-electron chi connectivity index (χ4n) is 5.38. The van der Waals surface area contributed by atoms with Crippen LogP contribution in [0.4, 0.5) is 13.2 Å². The van der Waals surface area contributed by atoms with Crippen LogP contribution in [0.15, 0.2) is 46.7 Å². The number of thiazole rings is 1. The summed E-state index contributed by atoms with van der Waals surface area (Å²) in [5, 5.41) is 21.5. The van der Waals surface area contributed by atoms with E-state index >= 15 is 0 Å².